The highest BCUT2D eigenvalue weighted by atomic mass is 79.9. The Morgan fingerprint density at radius 3 is 2.54 bits per heavy atom. The van der Waals surface area contributed by atoms with Crippen molar-refractivity contribution in [2.24, 2.45) is 0 Å². The van der Waals surface area contributed by atoms with Crippen LogP contribution in [-0.4, -0.2) is 10.2 Å². The molecule has 2 nitrogen and oxygen atoms in total. The van der Waals surface area contributed by atoms with Gasteiger partial charge in [0.05, 0.1) is 5.56 Å². The van der Waals surface area contributed by atoms with Crippen molar-refractivity contribution in [1.82, 2.24) is 4.98 Å². The molecular formula is C7H3BrClF2NO. The second kappa shape index (κ2) is 4.11. The lowest BCUT2D eigenvalue weighted by Gasteiger charge is -2.02. The molecule has 0 bridgehead atoms. The van der Waals surface area contributed by atoms with Crippen LogP contribution in [0.3, 0.4) is 0 Å². The molecule has 0 aliphatic carbocycles. The summed E-state index contributed by atoms with van der Waals surface area (Å²) in [5.74, 6) is 0. The number of pyridine rings is 1. The highest BCUT2D eigenvalue weighted by Crippen LogP contribution is 2.25. The molecule has 0 aliphatic heterocycles. The molecule has 0 aromatic carbocycles. The SMILES string of the molecule is O=C(Cl)c1ccc(C(F)F)c(Br)n1. The number of aromatic nitrogens is 1. The lowest BCUT2D eigenvalue weighted by Crippen LogP contribution is -1.97. The topological polar surface area (TPSA) is 30.0 Å². The summed E-state index contributed by atoms with van der Waals surface area (Å²) >= 11 is 7.91. The Labute approximate surface area is 86.0 Å². The van der Waals surface area contributed by atoms with E-state index in [0.29, 0.717) is 0 Å². The van der Waals surface area contributed by atoms with Gasteiger partial charge < -0.3 is 0 Å². The fourth-order valence-electron chi connectivity index (χ4n) is 0.717. The monoisotopic (exact) mass is 269 g/mol. The maximum Gasteiger partial charge on any atom is 0.270 e. The van der Waals surface area contributed by atoms with Crippen LogP contribution in [0.1, 0.15) is 22.5 Å². The number of hydrogen-bond donors (Lipinski definition) is 0. The number of alkyl halides is 2. The maximum atomic E-state index is 12.2. The Hall–Kier alpha value is -0.550. The number of carbonyl (C=O) groups excluding carboxylic acids is 1. The highest BCUT2D eigenvalue weighted by Gasteiger charge is 2.14. The summed E-state index contributed by atoms with van der Waals surface area (Å²) in [6.07, 6.45) is -2.62. The molecule has 70 valence electrons. The van der Waals surface area contributed by atoms with Gasteiger partial charge >= 0.3 is 0 Å². The fourth-order valence-corrected chi connectivity index (χ4v) is 1.32. The van der Waals surface area contributed by atoms with Gasteiger partial charge in [-0.2, -0.15) is 0 Å². The molecule has 13 heavy (non-hydrogen) atoms. The third-order valence-electron chi connectivity index (χ3n) is 1.31. The normalized spacial score (nSPS) is 10.5. The van der Waals surface area contributed by atoms with Gasteiger partial charge in [-0.05, 0) is 39.7 Å². The smallest absolute Gasteiger partial charge is 0.270 e. The quantitative estimate of drug-likeness (QED) is 0.610. The molecule has 0 N–H and O–H groups in total. The molecule has 1 rings (SSSR count). The summed E-state index contributed by atoms with van der Waals surface area (Å²) in [6.45, 7) is 0. The van der Waals surface area contributed by atoms with E-state index in [4.69, 9.17) is 11.6 Å². The first-order valence-electron chi connectivity index (χ1n) is 3.17. The summed E-state index contributed by atoms with van der Waals surface area (Å²) < 4.78 is 24.3. The maximum absolute atomic E-state index is 12.2. The van der Waals surface area contributed by atoms with Crippen molar-refractivity contribution in [2.75, 3.05) is 0 Å². The van der Waals surface area contributed by atoms with Crippen LogP contribution >= 0.6 is 27.5 Å². The molecule has 0 amide bonds. The van der Waals surface area contributed by atoms with Gasteiger partial charge in [0.15, 0.2) is 0 Å². The van der Waals surface area contributed by atoms with E-state index in [2.05, 4.69) is 20.9 Å². The third kappa shape index (κ3) is 2.45. The third-order valence-corrected chi connectivity index (χ3v) is 2.14. The largest absolute Gasteiger partial charge is 0.274 e. The van der Waals surface area contributed by atoms with Gasteiger partial charge in [0.1, 0.15) is 10.3 Å². The van der Waals surface area contributed by atoms with Gasteiger partial charge in [-0.1, -0.05) is 0 Å². The van der Waals surface area contributed by atoms with Crippen molar-refractivity contribution in [3.05, 3.63) is 28.0 Å². The van der Waals surface area contributed by atoms with Crippen LogP contribution in [0, 0.1) is 0 Å². The average molecular weight is 270 g/mol. The van der Waals surface area contributed by atoms with E-state index in [1.54, 1.807) is 0 Å². The minimum atomic E-state index is -2.62. The van der Waals surface area contributed by atoms with Gasteiger partial charge in [0.25, 0.3) is 11.7 Å². The molecule has 0 aliphatic rings. The predicted octanol–water partition coefficient (Wildman–Crippen LogP) is 3.16. The molecule has 0 saturated heterocycles. The first-order chi connectivity index (χ1) is 6.02. The van der Waals surface area contributed by atoms with Gasteiger partial charge in [-0.15, -0.1) is 0 Å². The zero-order chi connectivity index (χ0) is 10.0. The first kappa shape index (κ1) is 10.5. The molecule has 0 fully saturated rings. The Morgan fingerprint density at radius 1 is 1.54 bits per heavy atom. The van der Waals surface area contributed by atoms with Crippen LogP contribution in [0.5, 0.6) is 0 Å². The summed E-state index contributed by atoms with van der Waals surface area (Å²) in [6, 6.07) is 2.26. The van der Waals surface area contributed by atoms with Crippen molar-refractivity contribution in [3.63, 3.8) is 0 Å². The number of nitrogens with zero attached hydrogens (tertiary/aromatic N) is 1. The lowest BCUT2D eigenvalue weighted by atomic mass is 10.2. The van der Waals surface area contributed by atoms with E-state index in [0.717, 1.165) is 12.1 Å². The fraction of sp³-hybridized carbons (Fsp3) is 0.143. The molecule has 1 heterocycles. The summed E-state index contributed by atoms with van der Waals surface area (Å²) in [5.41, 5.74) is -0.320. The molecule has 0 spiro atoms. The Bertz CT molecular complexity index is 345. The van der Waals surface area contributed by atoms with Gasteiger partial charge in [0, 0.05) is 0 Å². The summed E-state index contributed by atoms with van der Waals surface area (Å²) in [7, 11) is 0. The van der Waals surface area contributed by atoms with Gasteiger partial charge in [0.2, 0.25) is 0 Å². The Kier molecular flexibility index (Phi) is 3.33. The summed E-state index contributed by atoms with van der Waals surface area (Å²) in [5, 5.41) is -0.776. The van der Waals surface area contributed by atoms with Gasteiger partial charge in [-0.3, -0.25) is 4.79 Å². The Morgan fingerprint density at radius 2 is 2.15 bits per heavy atom. The van der Waals surface area contributed by atoms with Crippen LogP contribution < -0.4 is 0 Å². The van der Waals surface area contributed by atoms with Crippen LogP contribution in [0.25, 0.3) is 0 Å². The zero-order valence-electron chi connectivity index (χ0n) is 6.10. The minimum absolute atomic E-state index is 0.0575. The van der Waals surface area contributed by atoms with Crippen LogP contribution in [0.15, 0.2) is 16.7 Å². The summed E-state index contributed by atoms with van der Waals surface area (Å²) in [4.78, 5) is 14.1. The number of rotatable bonds is 2. The molecule has 1 aromatic rings. The van der Waals surface area contributed by atoms with E-state index >= 15 is 0 Å². The standard InChI is InChI=1S/C7H3BrClF2NO/c8-5-3(7(10)11)1-2-4(12-5)6(9)13/h1-2,7H. The predicted molar refractivity (Wildman–Crippen MR) is 47.1 cm³/mol. The van der Waals surface area contributed by atoms with Crippen LogP contribution in [0.2, 0.25) is 0 Å². The first-order valence-corrected chi connectivity index (χ1v) is 4.34. The van der Waals surface area contributed by atoms with E-state index in [1.807, 2.05) is 0 Å². The average Bonchev–Trinajstić information content (AvgIpc) is 2.03. The van der Waals surface area contributed by atoms with Crippen molar-refractivity contribution >= 4 is 32.8 Å². The van der Waals surface area contributed by atoms with Crippen LogP contribution in [-0.2, 0) is 0 Å². The minimum Gasteiger partial charge on any atom is -0.274 e. The van der Waals surface area contributed by atoms with Crippen molar-refractivity contribution in [1.29, 1.82) is 0 Å². The molecule has 1 aromatic heterocycles. The van der Waals surface area contributed by atoms with E-state index in [-0.39, 0.29) is 15.9 Å². The molecule has 0 unspecified atom stereocenters. The molecule has 0 radical (unpaired) electrons. The molecule has 6 heteroatoms. The Balaban J connectivity index is 3.13. The van der Waals surface area contributed by atoms with Crippen LogP contribution in [0.4, 0.5) is 8.78 Å². The number of halogens is 4. The molecular weight excluding hydrogens is 267 g/mol. The number of carbonyl (C=O) groups is 1. The van der Waals surface area contributed by atoms with E-state index in [9.17, 15) is 13.6 Å². The van der Waals surface area contributed by atoms with Crippen molar-refractivity contribution < 1.29 is 13.6 Å². The highest BCUT2D eigenvalue weighted by molar-refractivity contribution is 9.10. The lowest BCUT2D eigenvalue weighted by molar-refractivity contribution is 0.107. The molecule has 0 atom stereocenters. The zero-order valence-corrected chi connectivity index (χ0v) is 8.44. The van der Waals surface area contributed by atoms with Crippen molar-refractivity contribution in [2.45, 2.75) is 6.43 Å². The number of hydrogen-bond acceptors (Lipinski definition) is 2. The van der Waals surface area contributed by atoms with Gasteiger partial charge in [-0.25, -0.2) is 13.8 Å². The second-order valence-electron chi connectivity index (χ2n) is 2.15. The van der Waals surface area contributed by atoms with Crippen molar-refractivity contribution in [3.8, 4) is 0 Å². The second-order valence-corrected chi connectivity index (χ2v) is 3.25. The van der Waals surface area contributed by atoms with E-state index in [1.165, 1.54) is 0 Å². The molecule has 0 saturated carbocycles. The van der Waals surface area contributed by atoms with E-state index < -0.39 is 11.7 Å².